The van der Waals surface area contributed by atoms with E-state index in [1.165, 1.54) is 0 Å². The molecule has 1 saturated heterocycles. The lowest BCUT2D eigenvalue weighted by molar-refractivity contribution is -0.122. The molecule has 0 atom stereocenters. The average molecular weight is 365 g/mol. The van der Waals surface area contributed by atoms with Gasteiger partial charge >= 0.3 is 6.03 Å². The van der Waals surface area contributed by atoms with Crippen molar-refractivity contribution in [1.29, 1.82) is 0 Å². The third kappa shape index (κ3) is 6.13. The second-order valence-electron chi connectivity index (χ2n) is 7.04. The molecule has 1 aliphatic heterocycles. The summed E-state index contributed by atoms with van der Waals surface area (Å²) in [7, 11) is 0. The van der Waals surface area contributed by atoms with E-state index in [9.17, 15) is 9.59 Å². The Morgan fingerprint density at radius 1 is 0.815 bits per heavy atom. The molecule has 0 radical (unpaired) electrons. The van der Waals surface area contributed by atoms with Crippen LogP contribution in [0.5, 0.6) is 0 Å². The van der Waals surface area contributed by atoms with Gasteiger partial charge in [-0.15, -0.1) is 0 Å². The van der Waals surface area contributed by atoms with Crippen molar-refractivity contribution in [3.63, 3.8) is 0 Å². The molecule has 3 rings (SSSR count). The van der Waals surface area contributed by atoms with E-state index in [1.807, 2.05) is 65.6 Å². The highest BCUT2D eigenvalue weighted by atomic mass is 16.2. The lowest BCUT2D eigenvalue weighted by Crippen LogP contribution is -2.44. The summed E-state index contributed by atoms with van der Waals surface area (Å²) in [6.45, 7) is 2.52. The van der Waals surface area contributed by atoms with Crippen LogP contribution in [0, 0.1) is 5.92 Å². The third-order valence-corrected chi connectivity index (χ3v) is 4.99. The number of carbonyl (C=O) groups is 2. The number of hydrogen-bond acceptors (Lipinski definition) is 2. The van der Waals surface area contributed by atoms with Gasteiger partial charge in [0.25, 0.3) is 0 Å². The van der Waals surface area contributed by atoms with Crippen molar-refractivity contribution in [2.24, 2.45) is 5.92 Å². The Balaban J connectivity index is 1.34. The van der Waals surface area contributed by atoms with E-state index in [0.29, 0.717) is 38.5 Å². The highest BCUT2D eigenvalue weighted by Gasteiger charge is 2.24. The van der Waals surface area contributed by atoms with Crippen LogP contribution in [0.1, 0.15) is 30.4 Å². The van der Waals surface area contributed by atoms with Crippen LogP contribution in [-0.4, -0.2) is 29.9 Å². The smallest absolute Gasteiger partial charge is 0.317 e. The van der Waals surface area contributed by atoms with Crippen LogP contribution in [0.3, 0.4) is 0 Å². The molecule has 0 aromatic heterocycles. The molecular weight excluding hydrogens is 338 g/mol. The zero-order chi connectivity index (χ0) is 18.9. The maximum absolute atomic E-state index is 12.3. The molecular formula is C22H27N3O2. The number of benzene rings is 2. The van der Waals surface area contributed by atoms with Crippen LogP contribution in [0.4, 0.5) is 4.79 Å². The standard InChI is InChI=1S/C22H27N3O2/c26-21(23-16-19-7-3-1-4-8-19)15-18-11-13-25(14-12-18)22(27)24-17-20-9-5-2-6-10-20/h1-10,18H,11-17H2,(H,23,26)(H,24,27). The summed E-state index contributed by atoms with van der Waals surface area (Å²) in [5, 5.41) is 5.96. The van der Waals surface area contributed by atoms with Crippen molar-refractivity contribution in [3.8, 4) is 0 Å². The number of nitrogens with one attached hydrogen (secondary N) is 2. The predicted molar refractivity (Wildman–Crippen MR) is 106 cm³/mol. The summed E-state index contributed by atoms with van der Waals surface area (Å²) in [6.07, 6.45) is 2.28. The maximum Gasteiger partial charge on any atom is 0.317 e. The topological polar surface area (TPSA) is 61.4 Å². The monoisotopic (exact) mass is 365 g/mol. The fraction of sp³-hybridized carbons (Fsp3) is 0.364. The fourth-order valence-electron chi connectivity index (χ4n) is 3.36. The van der Waals surface area contributed by atoms with Gasteiger partial charge in [0.1, 0.15) is 0 Å². The molecule has 0 aliphatic carbocycles. The number of carbonyl (C=O) groups excluding carboxylic acids is 2. The molecule has 27 heavy (non-hydrogen) atoms. The first kappa shape index (κ1) is 19.0. The average Bonchev–Trinajstić information content (AvgIpc) is 2.72. The first-order chi connectivity index (χ1) is 13.2. The van der Waals surface area contributed by atoms with E-state index in [0.717, 1.165) is 24.0 Å². The Morgan fingerprint density at radius 3 is 1.89 bits per heavy atom. The van der Waals surface area contributed by atoms with E-state index < -0.39 is 0 Å². The van der Waals surface area contributed by atoms with Gasteiger partial charge < -0.3 is 15.5 Å². The van der Waals surface area contributed by atoms with Crippen molar-refractivity contribution < 1.29 is 9.59 Å². The molecule has 2 aromatic carbocycles. The van der Waals surface area contributed by atoms with Crippen LogP contribution in [0.2, 0.25) is 0 Å². The van der Waals surface area contributed by atoms with Gasteiger partial charge in [-0.1, -0.05) is 60.7 Å². The predicted octanol–water partition coefficient (Wildman–Crippen LogP) is 3.31. The summed E-state index contributed by atoms with van der Waals surface area (Å²) in [5.74, 6) is 0.435. The van der Waals surface area contributed by atoms with Gasteiger partial charge in [0.15, 0.2) is 0 Å². The van der Waals surface area contributed by atoms with Crippen molar-refractivity contribution >= 4 is 11.9 Å². The van der Waals surface area contributed by atoms with Crippen LogP contribution in [0.15, 0.2) is 60.7 Å². The van der Waals surface area contributed by atoms with Gasteiger partial charge in [-0.25, -0.2) is 4.79 Å². The minimum Gasteiger partial charge on any atom is -0.352 e. The summed E-state index contributed by atoms with van der Waals surface area (Å²) in [6, 6.07) is 19.8. The lowest BCUT2D eigenvalue weighted by atomic mass is 9.93. The molecule has 0 spiro atoms. The molecule has 1 fully saturated rings. The van der Waals surface area contributed by atoms with Gasteiger partial charge in [0.05, 0.1) is 0 Å². The largest absolute Gasteiger partial charge is 0.352 e. The number of rotatable bonds is 6. The molecule has 5 heteroatoms. The van der Waals surface area contributed by atoms with E-state index in [4.69, 9.17) is 0 Å². The number of hydrogen-bond donors (Lipinski definition) is 2. The van der Waals surface area contributed by atoms with Gasteiger partial charge in [-0.05, 0) is 29.9 Å². The number of urea groups is 1. The van der Waals surface area contributed by atoms with E-state index in [-0.39, 0.29) is 11.9 Å². The molecule has 0 saturated carbocycles. The minimum atomic E-state index is -0.0224. The van der Waals surface area contributed by atoms with Gasteiger partial charge in [0.2, 0.25) is 5.91 Å². The molecule has 142 valence electrons. The molecule has 0 unspecified atom stereocenters. The fourth-order valence-corrected chi connectivity index (χ4v) is 3.36. The Bertz CT molecular complexity index is 726. The maximum atomic E-state index is 12.3. The van der Waals surface area contributed by atoms with Crippen molar-refractivity contribution in [2.45, 2.75) is 32.4 Å². The van der Waals surface area contributed by atoms with Gasteiger partial charge in [-0.2, -0.15) is 0 Å². The summed E-state index contributed by atoms with van der Waals surface area (Å²) >= 11 is 0. The molecule has 1 aliphatic rings. The number of amides is 3. The Hall–Kier alpha value is -2.82. The SMILES string of the molecule is O=C(CC1CCN(C(=O)NCc2ccccc2)CC1)NCc1ccccc1. The van der Waals surface area contributed by atoms with Crippen molar-refractivity contribution in [1.82, 2.24) is 15.5 Å². The zero-order valence-corrected chi connectivity index (χ0v) is 15.6. The highest BCUT2D eigenvalue weighted by Crippen LogP contribution is 2.20. The molecule has 0 bridgehead atoms. The van der Waals surface area contributed by atoms with E-state index in [1.54, 1.807) is 0 Å². The second kappa shape index (κ2) is 9.76. The van der Waals surface area contributed by atoms with E-state index in [2.05, 4.69) is 10.6 Å². The third-order valence-electron chi connectivity index (χ3n) is 4.99. The van der Waals surface area contributed by atoms with Crippen LogP contribution in [0.25, 0.3) is 0 Å². The van der Waals surface area contributed by atoms with Crippen LogP contribution in [-0.2, 0) is 17.9 Å². The van der Waals surface area contributed by atoms with Crippen molar-refractivity contribution in [3.05, 3.63) is 71.8 Å². The molecule has 2 N–H and O–H groups in total. The summed E-state index contributed by atoms with van der Waals surface area (Å²) in [5.41, 5.74) is 2.20. The zero-order valence-electron chi connectivity index (χ0n) is 15.6. The lowest BCUT2D eigenvalue weighted by Gasteiger charge is -2.31. The van der Waals surface area contributed by atoms with Gasteiger partial charge in [-0.3, -0.25) is 4.79 Å². The first-order valence-corrected chi connectivity index (χ1v) is 9.58. The Kier molecular flexibility index (Phi) is 6.85. The minimum absolute atomic E-state index is 0.0224. The Labute approximate surface area is 160 Å². The molecule has 5 nitrogen and oxygen atoms in total. The normalized spacial score (nSPS) is 14.6. The first-order valence-electron chi connectivity index (χ1n) is 9.58. The van der Waals surface area contributed by atoms with Crippen LogP contribution >= 0.6 is 0 Å². The quantitative estimate of drug-likeness (QED) is 0.825. The number of piperidine rings is 1. The number of nitrogens with zero attached hydrogens (tertiary/aromatic N) is 1. The highest BCUT2D eigenvalue weighted by molar-refractivity contribution is 5.76. The van der Waals surface area contributed by atoms with E-state index >= 15 is 0 Å². The van der Waals surface area contributed by atoms with Crippen molar-refractivity contribution in [2.75, 3.05) is 13.1 Å². The second-order valence-corrected chi connectivity index (χ2v) is 7.04. The summed E-state index contributed by atoms with van der Waals surface area (Å²) in [4.78, 5) is 26.3. The Morgan fingerprint density at radius 2 is 1.33 bits per heavy atom. The molecule has 3 amide bonds. The van der Waals surface area contributed by atoms with Gasteiger partial charge in [0, 0.05) is 32.6 Å². The summed E-state index contributed by atoms with van der Waals surface area (Å²) < 4.78 is 0. The number of likely N-dealkylation sites (tertiary alicyclic amines) is 1. The van der Waals surface area contributed by atoms with Crippen LogP contribution < -0.4 is 10.6 Å². The molecule has 2 aromatic rings. The molecule has 1 heterocycles.